The van der Waals surface area contributed by atoms with Crippen LogP contribution in [0.2, 0.25) is 0 Å². The number of carbonyl (C=O) groups is 3. The maximum atomic E-state index is 12.7. The molecule has 0 bridgehead atoms. The summed E-state index contributed by atoms with van der Waals surface area (Å²) in [5.74, 6) is 1.51. The average Bonchev–Trinajstić information content (AvgIpc) is 3.50. The highest BCUT2D eigenvalue weighted by Crippen LogP contribution is 2.43. The molecule has 7 heteroatoms. The molecule has 210 valence electrons. The number of hydrogen-bond donors (Lipinski definition) is 0. The van der Waals surface area contributed by atoms with Crippen molar-refractivity contribution in [1.29, 1.82) is 0 Å². The molecule has 1 aromatic carbocycles. The molecule has 3 saturated heterocycles. The van der Waals surface area contributed by atoms with Crippen molar-refractivity contribution < 1.29 is 14.4 Å². The van der Waals surface area contributed by atoms with Crippen molar-refractivity contribution in [3.63, 3.8) is 0 Å². The minimum atomic E-state index is -0.190. The number of amides is 4. The number of hydrogen-bond acceptors (Lipinski definition) is 4. The topological polar surface area (TPSA) is 64.2 Å². The molecule has 38 heavy (non-hydrogen) atoms. The van der Waals surface area contributed by atoms with Gasteiger partial charge in [0.25, 0.3) is 0 Å². The zero-order valence-corrected chi connectivity index (χ0v) is 24.4. The van der Waals surface area contributed by atoms with Gasteiger partial charge in [0.05, 0.1) is 0 Å². The molecular weight excluding hydrogens is 476 g/mol. The highest BCUT2D eigenvalue weighted by molar-refractivity contribution is 6.01. The number of nitrogens with zero attached hydrogens (tertiary/aromatic N) is 4. The third kappa shape index (κ3) is 6.97. The Morgan fingerprint density at radius 3 is 2.00 bits per heavy atom. The van der Waals surface area contributed by atoms with Gasteiger partial charge in [-0.15, -0.1) is 0 Å². The quantitative estimate of drug-likeness (QED) is 0.505. The first-order chi connectivity index (χ1) is 17.9. The summed E-state index contributed by atoms with van der Waals surface area (Å²) in [6.45, 7) is 18.0. The van der Waals surface area contributed by atoms with Crippen molar-refractivity contribution in [3.8, 4) is 0 Å². The van der Waals surface area contributed by atoms with Gasteiger partial charge >= 0.3 is 6.03 Å². The Labute approximate surface area is 229 Å². The Hall–Kier alpha value is -2.83. The number of benzene rings is 1. The fourth-order valence-corrected chi connectivity index (χ4v) is 5.70. The molecular formula is C31H48N4O3. The minimum Gasteiger partial charge on any atom is -0.372 e. The van der Waals surface area contributed by atoms with Crippen molar-refractivity contribution >= 4 is 17.8 Å². The molecule has 7 nitrogen and oxygen atoms in total. The first-order valence-corrected chi connectivity index (χ1v) is 14.3. The van der Waals surface area contributed by atoms with Crippen molar-refractivity contribution in [2.75, 3.05) is 33.2 Å². The molecule has 3 heterocycles. The van der Waals surface area contributed by atoms with Crippen LogP contribution in [0.1, 0.15) is 66.7 Å². The van der Waals surface area contributed by atoms with E-state index in [9.17, 15) is 14.4 Å². The van der Waals surface area contributed by atoms with E-state index < -0.39 is 0 Å². The lowest BCUT2D eigenvalue weighted by Crippen LogP contribution is -2.45. The first-order valence-electron chi connectivity index (χ1n) is 14.3. The van der Waals surface area contributed by atoms with Crippen LogP contribution in [0, 0.1) is 17.3 Å². The number of allylic oxidation sites excluding steroid dienone is 1. The van der Waals surface area contributed by atoms with Gasteiger partial charge in [0.15, 0.2) is 0 Å². The van der Waals surface area contributed by atoms with Crippen LogP contribution in [0.15, 0.2) is 48.7 Å². The standard InChI is InChI=1S/C18H30N2O.C7H12N2O2.C6H6/c1-13-10-19(17(21)18(4)8-5-9-18)11-16(13)12-20-14(2)6-7-15(20)3;1-5(2)9-4-6(10)8(3)7(9)11;1-2-4-6-5-3-1/h13,15-16H,2,5-12H2,1,3-4H3;5H,4H2,1-3H3;1-6H/t13?,15?,16-;;/m1../s1. The highest BCUT2D eigenvalue weighted by Gasteiger charge is 2.45. The third-order valence-electron chi connectivity index (χ3n) is 8.75. The molecule has 3 aliphatic heterocycles. The van der Waals surface area contributed by atoms with Gasteiger partial charge in [0.1, 0.15) is 6.54 Å². The zero-order chi connectivity index (χ0) is 28.0. The van der Waals surface area contributed by atoms with Gasteiger partial charge in [-0.2, -0.15) is 0 Å². The predicted octanol–water partition coefficient (Wildman–Crippen LogP) is 5.24. The number of urea groups is 1. The minimum absolute atomic E-state index is 0.0425. The van der Waals surface area contributed by atoms with Crippen LogP contribution in [0.3, 0.4) is 0 Å². The molecule has 2 unspecified atom stereocenters. The van der Waals surface area contributed by atoms with E-state index in [0.29, 0.717) is 23.8 Å². The smallest absolute Gasteiger partial charge is 0.327 e. The van der Waals surface area contributed by atoms with Crippen molar-refractivity contribution in [3.05, 3.63) is 48.7 Å². The maximum Gasteiger partial charge on any atom is 0.327 e. The molecule has 0 spiro atoms. The Morgan fingerprint density at radius 2 is 1.63 bits per heavy atom. The lowest BCUT2D eigenvalue weighted by molar-refractivity contribution is -0.145. The van der Waals surface area contributed by atoms with Crippen LogP contribution < -0.4 is 0 Å². The van der Waals surface area contributed by atoms with E-state index in [1.54, 1.807) is 4.90 Å². The molecule has 3 atom stereocenters. The SMILES string of the molecule is C=C1CCC(C)N1C[C@H]1CN(C(=O)C2(C)CCC2)CC1C.CC(C)N1CC(=O)N(C)C1=O.c1ccccc1. The van der Waals surface area contributed by atoms with Crippen LogP contribution in [0.5, 0.6) is 0 Å². The van der Waals surface area contributed by atoms with Crippen molar-refractivity contribution in [2.24, 2.45) is 17.3 Å². The number of likely N-dealkylation sites (tertiary alicyclic amines) is 2. The second-order valence-electron chi connectivity index (χ2n) is 12.1. The van der Waals surface area contributed by atoms with Gasteiger partial charge in [-0.1, -0.05) is 63.2 Å². The molecule has 0 aromatic heterocycles. The molecule has 4 fully saturated rings. The van der Waals surface area contributed by atoms with E-state index in [1.807, 2.05) is 50.2 Å². The fourth-order valence-electron chi connectivity index (χ4n) is 5.70. The Bertz CT molecular complexity index is 948. The average molecular weight is 525 g/mol. The number of imide groups is 1. The van der Waals surface area contributed by atoms with E-state index in [2.05, 4.69) is 37.1 Å². The normalized spacial score (nSPS) is 26.2. The summed E-state index contributed by atoms with van der Waals surface area (Å²) in [4.78, 5) is 42.2. The highest BCUT2D eigenvalue weighted by atomic mass is 16.2. The number of likely N-dealkylation sites (N-methyl/N-ethyl adjacent to an activating group) is 1. The van der Waals surface area contributed by atoms with Crippen molar-refractivity contribution in [1.82, 2.24) is 19.6 Å². The Morgan fingerprint density at radius 1 is 1.05 bits per heavy atom. The Balaban J connectivity index is 0.000000195. The maximum absolute atomic E-state index is 12.7. The largest absolute Gasteiger partial charge is 0.372 e. The molecule has 0 radical (unpaired) electrons. The van der Waals surface area contributed by atoms with Gasteiger partial charge < -0.3 is 14.7 Å². The fraction of sp³-hybridized carbons (Fsp3) is 0.645. The van der Waals surface area contributed by atoms with Gasteiger partial charge in [-0.25, -0.2) is 4.79 Å². The zero-order valence-electron chi connectivity index (χ0n) is 24.4. The number of rotatable bonds is 4. The molecule has 1 aromatic rings. The second kappa shape index (κ2) is 12.8. The van der Waals surface area contributed by atoms with Crippen LogP contribution in [0.4, 0.5) is 4.79 Å². The molecule has 1 aliphatic carbocycles. The molecule has 5 rings (SSSR count). The van der Waals surface area contributed by atoms with Crippen LogP contribution in [-0.4, -0.2) is 82.8 Å². The lowest BCUT2D eigenvalue weighted by Gasteiger charge is -2.39. The van der Waals surface area contributed by atoms with Gasteiger partial charge in [-0.05, 0) is 58.3 Å². The van der Waals surface area contributed by atoms with Crippen LogP contribution >= 0.6 is 0 Å². The van der Waals surface area contributed by atoms with Gasteiger partial charge in [0, 0.05) is 49.9 Å². The second-order valence-corrected chi connectivity index (χ2v) is 12.1. The van der Waals surface area contributed by atoms with E-state index in [4.69, 9.17) is 0 Å². The van der Waals surface area contributed by atoms with E-state index in [0.717, 1.165) is 43.8 Å². The number of carbonyl (C=O) groups excluding carboxylic acids is 3. The molecule has 1 saturated carbocycles. The van der Waals surface area contributed by atoms with Gasteiger partial charge in [0.2, 0.25) is 11.8 Å². The first kappa shape index (κ1) is 29.7. The summed E-state index contributed by atoms with van der Waals surface area (Å²) in [6, 6.07) is 12.5. The predicted molar refractivity (Wildman–Crippen MR) is 152 cm³/mol. The van der Waals surface area contributed by atoms with E-state index in [-0.39, 0.29) is 29.9 Å². The van der Waals surface area contributed by atoms with Crippen LogP contribution in [-0.2, 0) is 9.59 Å². The third-order valence-corrected chi connectivity index (χ3v) is 8.75. The monoisotopic (exact) mass is 524 g/mol. The summed E-state index contributed by atoms with van der Waals surface area (Å²) in [5, 5.41) is 0. The summed E-state index contributed by atoms with van der Waals surface area (Å²) < 4.78 is 0. The molecule has 4 amide bonds. The Kier molecular flexibility index (Phi) is 10.0. The van der Waals surface area contributed by atoms with E-state index in [1.165, 1.54) is 25.6 Å². The molecule has 4 aliphatic rings. The summed E-state index contributed by atoms with van der Waals surface area (Å²) in [6.07, 6.45) is 5.77. The lowest BCUT2D eigenvalue weighted by atomic mass is 9.69. The summed E-state index contributed by atoms with van der Waals surface area (Å²) in [7, 11) is 1.51. The van der Waals surface area contributed by atoms with Gasteiger partial charge in [-0.3, -0.25) is 14.5 Å². The molecule has 0 N–H and O–H groups in total. The van der Waals surface area contributed by atoms with Crippen molar-refractivity contribution in [2.45, 2.75) is 78.8 Å². The van der Waals surface area contributed by atoms with E-state index >= 15 is 0 Å². The van der Waals surface area contributed by atoms with Crippen LogP contribution in [0.25, 0.3) is 0 Å². The summed E-state index contributed by atoms with van der Waals surface area (Å²) in [5.41, 5.74) is 1.25. The summed E-state index contributed by atoms with van der Waals surface area (Å²) >= 11 is 0.